The molecule has 0 saturated carbocycles. The normalized spacial score (nSPS) is 16.8. The Balaban J connectivity index is 1.42. The molecule has 6 nitrogen and oxygen atoms in total. The number of rotatable bonds is 7. The highest BCUT2D eigenvalue weighted by atomic mass is 16.5. The van der Waals surface area contributed by atoms with Crippen LogP contribution in [0, 0.1) is 0 Å². The molecule has 0 aliphatic carbocycles. The van der Waals surface area contributed by atoms with Crippen LogP contribution in [0.5, 0.6) is 0 Å². The highest BCUT2D eigenvalue weighted by molar-refractivity contribution is 5.89. The van der Waals surface area contributed by atoms with Gasteiger partial charge in [-0.2, -0.15) is 0 Å². The van der Waals surface area contributed by atoms with Crippen LogP contribution in [0.2, 0.25) is 0 Å². The van der Waals surface area contributed by atoms with E-state index in [0.29, 0.717) is 19.8 Å². The largest absolute Gasteiger partial charge is 0.376 e. The molecule has 2 heterocycles. The van der Waals surface area contributed by atoms with Crippen molar-refractivity contribution < 1.29 is 14.3 Å². The van der Waals surface area contributed by atoms with Crippen LogP contribution in [0.4, 0.5) is 10.5 Å². The first-order valence-electron chi connectivity index (χ1n) is 9.01. The quantitative estimate of drug-likeness (QED) is 0.797. The Hall–Kier alpha value is -2.44. The molecule has 6 heteroatoms. The van der Waals surface area contributed by atoms with Gasteiger partial charge in [0.05, 0.1) is 19.3 Å². The van der Waals surface area contributed by atoms with Gasteiger partial charge in [0.15, 0.2) is 0 Å². The zero-order valence-corrected chi connectivity index (χ0v) is 14.8. The Labute approximate surface area is 153 Å². The summed E-state index contributed by atoms with van der Waals surface area (Å²) in [6.07, 6.45) is 7.05. The molecule has 1 aliphatic rings. The van der Waals surface area contributed by atoms with Crippen LogP contribution in [0.3, 0.4) is 0 Å². The summed E-state index contributed by atoms with van der Waals surface area (Å²) in [5, 5.41) is 5.67. The average Bonchev–Trinajstić information content (AvgIpc) is 2.68. The molecule has 2 aromatic rings. The predicted octanol–water partition coefficient (Wildman–Crippen LogP) is 3.49. The molecule has 26 heavy (non-hydrogen) atoms. The molecule has 2 amide bonds. The lowest BCUT2D eigenvalue weighted by Gasteiger charge is -2.22. The van der Waals surface area contributed by atoms with Gasteiger partial charge in [0.1, 0.15) is 0 Å². The third-order valence-electron chi connectivity index (χ3n) is 4.23. The Kier molecular flexibility index (Phi) is 6.98. The van der Waals surface area contributed by atoms with Crippen molar-refractivity contribution in [3.63, 3.8) is 0 Å². The Bertz CT molecular complexity index is 688. The van der Waals surface area contributed by atoms with Crippen LogP contribution < -0.4 is 10.6 Å². The summed E-state index contributed by atoms with van der Waals surface area (Å²) in [5.41, 5.74) is 2.77. The summed E-state index contributed by atoms with van der Waals surface area (Å²) in [4.78, 5) is 16.0. The Morgan fingerprint density at radius 1 is 1.19 bits per heavy atom. The number of nitrogens with one attached hydrogen (secondary N) is 2. The van der Waals surface area contributed by atoms with Gasteiger partial charge in [0.2, 0.25) is 0 Å². The third-order valence-corrected chi connectivity index (χ3v) is 4.23. The lowest BCUT2D eigenvalue weighted by Crippen LogP contribution is -2.28. The minimum Gasteiger partial charge on any atom is -0.376 e. The number of hydrogen-bond acceptors (Lipinski definition) is 4. The number of ether oxygens (including phenoxy) is 2. The number of carbonyl (C=O) groups is 1. The van der Waals surface area contributed by atoms with Crippen molar-refractivity contribution in [1.82, 2.24) is 10.3 Å². The second kappa shape index (κ2) is 9.89. The first kappa shape index (κ1) is 18.4. The van der Waals surface area contributed by atoms with Crippen LogP contribution >= 0.6 is 0 Å². The number of hydrogen-bond donors (Lipinski definition) is 2. The lowest BCUT2D eigenvalue weighted by atomic mass is 10.1. The molecule has 1 unspecified atom stereocenters. The van der Waals surface area contributed by atoms with E-state index in [1.54, 1.807) is 12.4 Å². The number of anilines is 1. The second-order valence-corrected chi connectivity index (χ2v) is 6.37. The molecule has 3 rings (SSSR count). The minimum atomic E-state index is -0.240. The van der Waals surface area contributed by atoms with Gasteiger partial charge in [-0.25, -0.2) is 4.79 Å². The summed E-state index contributed by atoms with van der Waals surface area (Å²) >= 11 is 0. The maximum atomic E-state index is 12.0. The zero-order chi connectivity index (χ0) is 18.0. The van der Waals surface area contributed by atoms with Crippen molar-refractivity contribution in [2.45, 2.75) is 38.5 Å². The van der Waals surface area contributed by atoms with Crippen molar-refractivity contribution >= 4 is 11.7 Å². The number of urea groups is 1. The van der Waals surface area contributed by atoms with Gasteiger partial charge in [-0.3, -0.25) is 4.98 Å². The van der Waals surface area contributed by atoms with E-state index in [1.807, 2.05) is 36.4 Å². The first-order chi connectivity index (χ1) is 12.8. The number of amides is 2. The standard InChI is InChI=1S/C20H25N3O3/c24-20(22-13-16-7-9-21-10-8-16)23-18-5-3-4-17(12-18)14-25-15-19-6-1-2-11-26-19/h3-5,7-10,12,19H,1-2,6,11,13-15H2,(H2,22,23,24). The number of pyridine rings is 1. The lowest BCUT2D eigenvalue weighted by molar-refractivity contribution is -0.0447. The van der Waals surface area contributed by atoms with Crippen LogP contribution in [0.25, 0.3) is 0 Å². The molecule has 1 aromatic heterocycles. The number of benzene rings is 1. The van der Waals surface area contributed by atoms with Gasteiger partial charge in [-0.05, 0) is 54.7 Å². The molecular weight excluding hydrogens is 330 g/mol. The van der Waals surface area contributed by atoms with Crippen molar-refractivity contribution in [3.8, 4) is 0 Å². The van der Waals surface area contributed by atoms with E-state index in [9.17, 15) is 4.79 Å². The summed E-state index contributed by atoms with van der Waals surface area (Å²) in [6, 6.07) is 11.2. The molecule has 0 spiro atoms. The predicted molar refractivity (Wildman–Crippen MR) is 99.8 cm³/mol. The Morgan fingerprint density at radius 2 is 2.08 bits per heavy atom. The van der Waals surface area contributed by atoms with E-state index in [4.69, 9.17) is 9.47 Å². The third kappa shape index (κ3) is 6.13. The maximum absolute atomic E-state index is 12.0. The van der Waals surface area contributed by atoms with Crippen molar-refractivity contribution in [1.29, 1.82) is 0 Å². The molecule has 1 aromatic carbocycles. The summed E-state index contributed by atoms with van der Waals surface area (Å²) < 4.78 is 11.4. The minimum absolute atomic E-state index is 0.212. The van der Waals surface area contributed by atoms with E-state index in [0.717, 1.165) is 36.3 Å². The molecule has 1 saturated heterocycles. The van der Waals surface area contributed by atoms with Crippen LogP contribution in [0.15, 0.2) is 48.8 Å². The van der Waals surface area contributed by atoms with Gasteiger partial charge in [-0.1, -0.05) is 12.1 Å². The fourth-order valence-corrected chi connectivity index (χ4v) is 2.84. The van der Waals surface area contributed by atoms with Crippen molar-refractivity contribution in [2.75, 3.05) is 18.5 Å². The molecular formula is C20H25N3O3. The summed E-state index contributed by atoms with van der Waals surface area (Å²) in [6.45, 7) is 2.42. The fraction of sp³-hybridized carbons (Fsp3) is 0.400. The van der Waals surface area contributed by atoms with E-state index >= 15 is 0 Å². The fourth-order valence-electron chi connectivity index (χ4n) is 2.84. The molecule has 138 valence electrons. The molecule has 0 bridgehead atoms. The highest BCUT2D eigenvalue weighted by Crippen LogP contribution is 2.15. The van der Waals surface area contributed by atoms with Gasteiger partial charge in [-0.15, -0.1) is 0 Å². The Morgan fingerprint density at radius 3 is 2.88 bits per heavy atom. The smallest absolute Gasteiger partial charge is 0.319 e. The van der Waals surface area contributed by atoms with Gasteiger partial charge < -0.3 is 20.1 Å². The molecule has 0 radical (unpaired) electrons. The maximum Gasteiger partial charge on any atom is 0.319 e. The number of carbonyl (C=O) groups excluding carboxylic acids is 1. The van der Waals surface area contributed by atoms with Crippen LogP contribution in [-0.4, -0.2) is 30.3 Å². The van der Waals surface area contributed by atoms with E-state index in [-0.39, 0.29) is 12.1 Å². The van der Waals surface area contributed by atoms with Crippen molar-refractivity contribution in [2.24, 2.45) is 0 Å². The zero-order valence-electron chi connectivity index (χ0n) is 14.8. The first-order valence-corrected chi connectivity index (χ1v) is 9.01. The van der Waals surface area contributed by atoms with E-state index in [2.05, 4.69) is 15.6 Å². The highest BCUT2D eigenvalue weighted by Gasteiger charge is 2.13. The summed E-state index contributed by atoms with van der Waals surface area (Å²) in [5.74, 6) is 0. The van der Waals surface area contributed by atoms with Gasteiger partial charge in [0, 0.05) is 31.2 Å². The monoisotopic (exact) mass is 355 g/mol. The summed E-state index contributed by atoms with van der Waals surface area (Å²) in [7, 11) is 0. The molecule has 1 fully saturated rings. The van der Waals surface area contributed by atoms with Crippen LogP contribution in [0.1, 0.15) is 30.4 Å². The van der Waals surface area contributed by atoms with E-state index < -0.39 is 0 Å². The van der Waals surface area contributed by atoms with Crippen molar-refractivity contribution in [3.05, 3.63) is 59.9 Å². The average molecular weight is 355 g/mol. The topological polar surface area (TPSA) is 72.5 Å². The second-order valence-electron chi connectivity index (χ2n) is 6.37. The SMILES string of the molecule is O=C(NCc1ccncc1)Nc1cccc(COCC2CCCCO2)c1. The molecule has 1 atom stereocenters. The van der Waals surface area contributed by atoms with Crippen LogP contribution in [-0.2, 0) is 22.6 Å². The van der Waals surface area contributed by atoms with E-state index in [1.165, 1.54) is 6.42 Å². The van der Waals surface area contributed by atoms with Gasteiger partial charge >= 0.3 is 6.03 Å². The number of nitrogens with zero attached hydrogens (tertiary/aromatic N) is 1. The molecule has 1 aliphatic heterocycles. The van der Waals surface area contributed by atoms with Gasteiger partial charge in [0.25, 0.3) is 0 Å². The number of aromatic nitrogens is 1. The molecule has 2 N–H and O–H groups in total.